The van der Waals surface area contributed by atoms with Crippen LogP contribution in [0.3, 0.4) is 0 Å². The van der Waals surface area contributed by atoms with E-state index >= 15 is 0 Å². The summed E-state index contributed by atoms with van der Waals surface area (Å²) in [5.74, 6) is 0.910. The average Bonchev–Trinajstić information content (AvgIpc) is 2.66. The normalized spacial score (nSPS) is 11.5. The highest BCUT2D eigenvalue weighted by Crippen LogP contribution is 2.42. The summed E-state index contributed by atoms with van der Waals surface area (Å²) in [7, 11) is 1.73. The summed E-state index contributed by atoms with van der Waals surface area (Å²) in [6, 6.07) is 28.1. The Labute approximate surface area is 140 Å². The molecule has 0 spiro atoms. The van der Waals surface area contributed by atoms with Gasteiger partial charge >= 0.3 is 0 Å². The van der Waals surface area contributed by atoms with Crippen molar-refractivity contribution in [2.45, 2.75) is 0 Å². The van der Waals surface area contributed by atoms with Crippen molar-refractivity contribution in [3.8, 4) is 16.9 Å². The third kappa shape index (κ3) is 1.75. The van der Waals surface area contributed by atoms with Crippen LogP contribution >= 0.6 is 0 Å². The first kappa shape index (κ1) is 13.4. The van der Waals surface area contributed by atoms with Crippen LogP contribution in [0.5, 0.6) is 5.75 Å². The van der Waals surface area contributed by atoms with E-state index in [-0.39, 0.29) is 0 Å². The van der Waals surface area contributed by atoms with Crippen molar-refractivity contribution in [1.29, 1.82) is 0 Å². The fourth-order valence-corrected chi connectivity index (χ4v) is 3.85. The zero-order valence-corrected chi connectivity index (χ0v) is 13.4. The third-order valence-electron chi connectivity index (χ3n) is 4.91. The summed E-state index contributed by atoms with van der Waals surface area (Å²) in [6.07, 6.45) is 0. The highest BCUT2D eigenvalue weighted by molar-refractivity contribution is 6.26. The van der Waals surface area contributed by atoms with E-state index in [1.807, 2.05) is 12.1 Å². The lowest BCUT2D eigenvalue weighted by Gasteiger charge is -2.16. The molecule has 0 bridgehead atoms. The molecule has 0 aromatic heterocycles. The number of hydrogen-bond acceptors (Lipinski definition) is 1. The molecule has 1 nitrogen and oxygen atoms in total. The van der Waals surface area contributed by atoms with Crippen LogP contribution in [0.4, 0.5) is 0 Å². The summed E-state index contributed by atoms with van der Waals surface area (Å²) in [5, 5.41) is 7.83. The van der Waals surface area contributed by atoms with Gasteiger partial charge in [-0.25, -0.2) is 0 Å². The van der Waals surface area contributed by atoms with Crippen LogP contribution in [0.1, 0.15) is 0 Å². The van der Waals surface area contributed by atoms with Gasteiger partial charge in [0.1, 0.15) is 5.75 Å². The maximum atomic E-state index is 5.61. The first-order valence-corrected chi connectivity index (χ1v) is 8.17. The molecular weight excluding hydrogens is 292 g/mol. The molecule has 1 heteroatoms. The van der Waals surface area contributed by atoms with Crippen LogP contribution in [0.15, 0.2) is 78.9 Å². The number of hydrogen-bond donors (Lipinski definition) is 0. The minimum Gasteiger partial charge on any atom is -0.496 e. The molecule has 0 aliphatic rings. The van der Waals surface area contributed by atoms with E-state index in [1.165, 1.54) is 37.9 Å². The second-order valence-electron chi connectivity index (χ2n) is 6.17. The van der Waals surface area contributed by atoms with Gasteiger partial charge in [0.25, 0.3) is 0 Å². The summed E-state index contributed by atoms with van der Waals surface area (Å²) in [6.45, 7) is 0. The number of methoxy groups -OCH3 is 1. The summed E-state index contributed by atoms with van der Waals surface area (Å²) >= 11 is 0. The second kappa shape index (κ2) is 4.97. The largest absolute Gasteiger partial charge is 0.496 e. The van der Waals surface area contributed by atoms with Gasteiger partial charge in [0.05, 0.1) is 7.11 Å². The zero-order chi connectivity index (χ0) is 16.1. The monoisotopic (exact) mass is 308 g/mol. The standard InChI is InChI=1S/C23H16O/c1-24-21-11-3-2-9-18(21)20-14-17-8-4-6-15-12-13-16-7-5-10-19(20)23(16)22(15)17/h2-14H,1H3. The van der Waals surface area contributed by atoms with Gasteiger partial charge in [0.15, 0.2) is 0 Å². The zero-order valence-electron chi connectivity index (χ0n) is 13.4. The predicted molar refractivity (Wildman–Crippen MR) is 102 cm³/mol. The molecule has 0 aliphatic carbocycles. The molecule has 5 aromatic rings. The molecular formula is C23H16O. The third-order valence-corrected chi connectivity index (χ3v) is 4.91. The smallest absolute Gasteiger partial charge is 0.126 e. The van der Waals surface area contributed by atoms with Gasteiger partial charge in [0.2, 0.25) is 0 Å². The fraction of sp³-hybridized carbons (Fsp3) is 0.0435. The number of benzene rings is 5. The Hall–Kier alpha value is -3.06. The Morgan fingerprint density at radius 3 is 2.12 bits per heavy atom. The van der Waals surface area contributed by atoms with Gasteiger partial charge in [-0.2, -0.15) is 0 Å². The molecule has 0 unspecified atom stereocenters. The maximum absolute atomic E-state index is 5.61. The van der Waals surface area contributed by atoms with E-state index in [9.17, 15) is 0 Å². The van der Waals surface area contributed by atoms with Crippen molar-refractivity contribution < 1.29 is 4.74 Å². The quantitative estimate of drug-likeness (QED) is 0.350. The molecule has 0 radical (unpaired) electrons. The molecule has 24 heavy (non-hydrogen) atoms. The summed E-state index contributed by atoms with van der Waals surface area (Å²) < 4.78 is 5.61. The van der Waals surface area contributed by atoms with Gasteiger partial charge in [-0.05, 0) is 50.0 Å². The van der Waals surface area contributed by atoms with Crippen molar-refractivity contribution in [3.05, 3.63) is 78.9 Å². The van der Waals surface area contributed by atoms with Gasteiger partial charge in [-0.15, -0.1) is 0 Å². The van der Waals surface area contributed by atoms with E-state index in [1.54, 1.807) is 7.11 Å². The van der Waals surface area contributed by atoms with Gasteiger partial charge in [-0.1, -0.05) is 66.7 Å². The molecule has 0 N–H and O–H groups in total. The van der Waals surface area contributed by atoms with Crippen LogP contribution in [-0.2, 0) is 0 Å². The van der Waals surface area contributed by atoms with Crippen LogP contribution in [-0.4, -0.2) is 7.11 Å². The van der Waals surface area contributed by atoms with E-state index in [4.69, 9.17) is 4.74 Å². The van der Waals surface area contributed by atoms with Gasteiger partial charge < -0.3 is 4.74 Å². The van der Waals surface area contributed by atoms with Crippen molar-refractivity contribution in [2.24, 2.45) is 0 Å². The average molecular weight is 308 g/mol. The molecule has 0 saturated carbocycles. The van der Waals surface area contributed by atoms with E-state index in [0.717, 1.165) is 11.3 Å². The van der Waals surface area contributed by atoms with E-state index in [2.05, 4.69) is 66.7 Å². The Morgan fingerprint density at radius 2 is 1.29 bits per heavy atom. The molecule has 5 aromatic carbocycles. The number of ether oxygens (including phenoxy) is 1. The minimum atomic E-state index is 0.910. The highest BCUT2D eigenvalue weighted by atomic mass is 16.5. The van der Waals surface area contributed by atoms with E-state index < -0.39 is 0 Å². The molecule has 5 rings (SSSR count). The van der Waals surface area contributed by atoms with Crippen LogP contribution in [0.25, 0.3) is 43.4 Å². The fourth-order valence-electron chi connectivity index (χ4n) is 3.85. The van der Waals surface area contributed by atoms with Crippen molar-refractivity contribution >= 4 is 32.3 Å². The first-order chi connectivity index (χ1) is 11.9. The number of para-hydroxylation sites is 1. The second-order valence-corrected chi connectivity index (χ2v) is 6.17. The van der Waals surface area contributed by atoms with Crippen molar-refractivity contribution in [3.63, 3.8) is 0 Å². The number of rotatable bonds is 2. The highest BCUT2D eigenvalue weighted by Gasteiger charge is 2.14. The SMILES string of the molecule is COc1ccccc1-c1cc2cccc3ccc4cccc1c4c32. The predicted octanol–water partition coefficient (Wildman–Crippen LogP) is 6.26. The van der Waals surface area contributed by atoms with Crippen LogP contribution in [0, 0.1) is 0 Å². The topological polar surface area (TPSA) is 9.23 Å². The molecule has 0 aliphatic heterocycles. The first-order valence-electron chi connectivity index (χ1n) is 8.17. The lowest BCUT2D eigenvalue weighted by molar-refractivity contribution is 0.416. The molecule has 0 heterocycles. The summed E-state index contributed by atoms with van der Waals surface area (Å²) in [5.41, 5.74) is 2.36. The Morgan fingerprint density at radius 1 is 0.583 bits per heavy atom. The van der Waals surface area contributed by atoms with Gasteiger partial charge in [-0.3, -0.25) is 0 Å². The molecule has 114 valence electrons. The van der Waals surface area contributed by atoms with E-state index in [0.29, 0.717) is 0 Å². The Balaban J connectivity index is 2.03. The van der Waals surface area contributed by atoms with Crippen molar-refractivity contribution in [2.75, 3.05) is 7.11 Å². The Bertz CT molecular complexity index is 1190. The van der Waals surface area contributed by atoms with Crippen LogP contribution in [0.2, 0.25) is 0 Å². The maximum Gasteiger partial charge on any atom is 0.126 e. The Kier molecular flexibility index (Phi) is 2.77. The lowest BCUT2D eigenvalue weighted by atomic mass is 9.89. The molecule has 0 saturated heterocycles. The lowest BCUT2D eigenvalue weighted by Crippen LogP contribution is -1.91. The molecule has 0 atom stereocenters. The molecule has 0 fully saturated rings. The minimum absolute atomic E-state index is 0.910. The van der Waals surface area contributed by atoms with Crippen molar-refractivity contribution in [1.82, 2.24) is 0 Å². The summed E-state index contributed by atoms with van der Waals surface area (Å²) in [4.78, 5) is 0. The van der Waals surface area contributed by atoms with Gasteiger partial charge in [0, 0.05) is 5.56 Å². The molecule has 0 amide bonds. The van der Waals surface area contributed by atoms with Crippen LogP contribution < -0.4 is 4.74 Å².